The summed E-state index contributed by atoms with van der Waals surface area (Å²) in [5, 5.41) is 10.3. The second-order valence-electron chi connectivity index (χ2n) is 4.92. The summed E-state index contributed by atoms with van der Waals surface area (Å²) in [5.41, 5.74) is 1.99. The molecule has 0 aliphatic carbocycles. The van der Waals surface area contributed by atoms with Gasteiger partial charge in [-0.15, -0.1) is 12.4 Å². The van der Waals surface area contributed by atoms with Crippen LogP contribution >= 0.6 is 12.4 Å². The Balaban J connectivity index is 0.00000161. The number of carbonyl (C=O) groups excluding carboxylic acids is 1. The topological polar surface area (TPSA) is 71.8 Å². The highest BCUT2D eigenvalue weighted by molar-refractivity contribution is 5.85. The van der Waals surface area contributed by atoms with E-state index in [9.17, 15) is 4.79 Å². The lowest BCUT2D eigenvalue weighted by Crippen LogP contribution is -2.31. The third-order valence-electron chi connectivity index (χ3n) is 3.49. The van der Waals surface area contributed by atoms with E-state index in [4.69, 9.17) is 0 Å². The fourth-order valence-corrected chi connectivity index (χ4v) is 2.36. The highest BCUT2D eigenvalue weighted by Crippen LogP contribution is 2.10. The number of hydrogen-bond acceptors (Lipinski definition) is 4. The molecule has 3 rings (SSSR count). The van der Waals surface area contributed by atoms with Gasteiger partial charge in [0.15, 0.2) is 0 Å². The summed E-state index contributed by atoms with van der Waals surface area (Å²) < 4.78 is 1.70. The molecule has 1 saturated heterocycles. The zero-order valence-electron chi connectivity index (χ0n) is 11.5. The molecular formula is C14H18ClN5O. The van der Waals surface area contributed by atoms with Crippen molar-refractivity contribution in [3.05, 3.63) is 42.5 Å². The first-order valence-corrected chi connectivity index (χ1v) is 6.75. The van der Waals surface area contributed by atoms with Crippen molar-refractivity contribution in [1.82, 2.24) is 25.4 Å². The molecule has 1 aliphatic heterocycles. The lowest BCUT2D eigenvalue weighted by Gasteiger charge is -2.10. The van der Waals surface area contributed by atoms with Gasteiger partial charge in [-0.3, -0.25) is 4.79 Å². The molecule has 21 heavy (non-hydrogen) atoms. The molecule has 1 aromatic carbocycles. The zero-order valence-corrected chi connectivity index (χ0v) is 12.3. The normalized spacial score (nSPS) is 17.2. The zero-order chi connectivity index (χ0) is 13.8. The molecule has 1 atom stereocenters. The molecule has 0 radical (unpaired) electrons. The molecule has 1 unspecified atom stereocenters. The van der Waals surface area contributed by atoms with Crippen LogP contribution in [-0.4, -0.2) is 33.8 Å². The van der Waals surface area contributed by atoms with Gasteiger partial charge < -0.3 is 10.6 Å². The van der Waals surface area contributed by atoms with E-state index in [1.807, 2.05) is 24.3 Å². The number of hydrogen-bond donors (Lipinski definition) is 2. The van der Waals surface area contributed by atoms with E-state index in [1.54, 1.807) is 11.0 Å². The Kier molecular flexibility index (Phi) is 5.30. The summed E-state index contributed by atoms with van der Waals surface area (Å²) in [5.74, 6) is 0.231. The van der Waals surface area contributed by atoms with Crippen molar-refractivity contribution in [3.8, 4) is 5.69 Å². The van der Waals surface area contributed by atoms with Gasteiger partial charge in [0, 0.05) is 13.1 Å². The molecule has 1 aromatic heterocycles. The van der Waals surface area contributed by atoms with Gasteiger partial charge in [0.05, 0.1) is 11.6 Å². The quantitative estimate of drug-likeness (QED) is 0.881. The standard InChI is InChI=1S/C14H17N5O.ClH/c20-14(12-4-5-15-8-12)17-7-11-2-1-3-13(6-11)19-10-16-9-18-19;/h1-3,6,9-10,12,15H,4-5,7-8H2,(H,17,20);1H. The summed E-state index contributed by atoms with van der Waals surface area (Å²) >= 11 is 0. The van der Waals surface area contributed by atoms with Crippen molar-refractivity contribution in [2.45, 2.75) is 13.0 Å². The third kappa shape index (κ3) is 3.80. The van der Waals surface area contributed by atoms with Crippen LogP contribution in [0.15, 0.2) is 36.9 Å². The minimum Gasteiger partial charge on any atom is -0.352 e. The van der Waals surface area contributed by atoms with Crippen LogP contribution in [-0.2, 0) is 11.3 Å². The number of benzene rings is 1. The lowest BCUT2D eigenvalue weighted by molar-refractivity contribution is -0.124. The molecule has 2 N–H and O–H groups in total. The Bertz CT molecular complexity index is 581. The van der Waals surface area contributed by atoms with Gasteiger partial charge in [-0.25, -0.2) is 9.67 Å². The second-order valence-corrected chi connectivity index (χ2v) is 4.92. The summed E-state index contributed by atoms with van der Waals surface area (Å²) in [7, 11) is 0. The van der Waals surface area contributed by atoms with Crippen molar-refractivity contribution >= 4 is 18.3 Å². The molecule has 1 amide bonds. The van der Waals surface area contributed by atoms with Gasteiger partial charge in [-0.05, 0) is 30.7 Å². The molecule has 1 fully saturated rings. The molecule has 7 heteroatoms. The SMILES string of the molecule is Cl.O=C(NCc1cccc(-n2cncn2)c1)C1CCNC1. The van der Waals surface area contributed by atoms with Gasteiger partial charge in [0.2, 0.25) is 5.91 Å². The molecule has 0 spiro atoms. The van der Waals surface area contributed by atoms with E-state index < -0.39 is 0 Å². The van der Waals surface area contributed by atoms with Crippen LogP contribution < -0.4 is 10.6 Å². The van der Waals surface area contributed by atoms with Gasteiger partial charge in [-0.1, -0.05) is 12.1 Å². The predicted molar refractivity (Wildman–Crippen MR) is 81.4 cm³/mol. The minimum absolute atomic E-state index is 0. The van der Waals surface area contributed by atoms with E-state index in [1.165, 1.54) is 6.33 Å². The van der Waals surface area contributed by atoms with Crippen molar-refractivity contribution in [3.63, 3.8) is 0 Å². The fourth-order valence-electron chi connectivity index (χ4n) is 2.36. The highest BCUT2D eigenvalue weighted by atomic mass is 35.5. The molecule has 0 saturated carbocycles. The average Bonchev–Trinajstić information content (AvgIpc) is 3.17. The molecule has 112 valence electrons. The maximum absolute atomic E-state index is 12.0. The monoisotopic (exact) mass is 307 g/mol. The van der Waals surface area contributed by atoms with Crippen LogP contribution in [0.25, 0.3) is 5.69 Å². The van der Waals surface area contributed by atoms with Gasteiger partial charge >= 0.3 is 0 Å². The minimum atomic E-state index is 0. The number of halogens is 1. The molecule has 0 bridgehead atoms. The van der Waals surface area contributed by atoms with Crippen molar-refractivity contribution in [1.29, 1.82) is 0 Å². The second kappa shape index (κ2) is 7.19. The molecule has 2 heterocycles. The summed E-state index contributed by atoms with van der Waals surface area (Å²) in [4.78, 5) is 15.9. The molecule has 2 aromatic rings. The Morgan fingerprint density at radius 2 is 2.38 bits per heavy atom. The smallest absolute Gasteiger partial charge is 0.224 e. The number of carbonyl (C=O) groups is 1. The maximum atomic E-state index is 12.0. The first-order valence-electron chi connectivity index (χ1n) is 6.75. The van der Waals surface area contributed by atoms with E-state index >= 15 is 0 Å². The number of nitrogens with zero attached hydrogens (tertiary/aromatic N) is 3. The largest absolute Gasteiger partial charge is 0.352 e. The lowest BCUT2D eigenvalue weighted by atomic mass is 10.1. The Labute approximate surface area is 129 Å². The summed E-state index contributed by atoms with van der Waals surface area (Å²) in [6, 6.07) is 7.91. The van der Waals surface area contributed by atoms with Gasteiger partial charge in [0.1, 0.15) is 12.7 Å². The van der Waals surface area contributed by atoms with Gasteiger partial charge in [-0.2, -0.15) is 5.10 Å². The Morgan fingerprint density at radius 3 is 3.10 bits per heavy atom. The predicted octanol–water partition coefficient (Wildman–Crippen LogP) is 0.915. The maximum Gasteiger partial charge on any atom is 0.224 e. The van der Waals surface area contributed by atoms with E-state index in [0.717, 1.165) is 30.8 Å². The fraction of sp³-hybridized carbons (Fsp3) is 0.357. The van der Waals surface area contributed by atoms with Crippen LogP contribution in [0, 0.1) is 5.92 Å². The van der Waals surface area contributed by atoms with E-state index in [-0.39, 0.29) is 24.2 Å². The first-order chi connectivity index (χ1) is 9.83. The van der Waals surface area contributed by atoms with Crippen molar-refractivity contribution in [2.24, 2.45) is 5.92 Å². The van der Waals surface area contributed by atoms with Crippen LogP contribution in [0.4, 0.5) is 0 Å². The van der Waals surface area contributed by atoms with Crippen LogP contribution in [0.2, 0.25) is 0 Å². The Hall–Kier alpha value is -1.92. The summed E-state index contributed by atoms with van der Waals surface area (Å²) in [6.07, 6.45) is 4.08. The van der Waals surface area contributed by atoms with E-state index in [0.29, 0.717) is 6.54 Å². The molecular weight excluding hydrogens is 290 g/mol. The van der Waals surface area contributed by atoms with Crippen LogP contribution in [0.1, 0.15) is 12.0 Å². The van der Waals surface area contributed by atoms with E-state index in [2.05, 4.69) is 20.7 Å². The molecule has 1 aliphatic rings. The third-order valence-corrected chi connectivity index (χ3v) is 3.49. The van der Waals surface area contributed by atoms with Crippen LogP contribution in [0.3, 0.4) is 0 Å². The summed E-state index contributed by atoms with van der Waals surface area (Å²) in [6.45, 7) is 2.25. The number of aromatic nitrogens is 3. The van der Waals surface area contributed by atoms with Crippen LogP contribution in [0.5, 0.6) is 0 Å². The first kappa shape index (κ1) is 15.5. The molecule has 6 nitrogen and oxygen atoms in total. The highest BCUT2D eigenvalue weighted by Gasteiger charge is 2.21. The number of nitrogens with one attached hydrogen (secondary N) is 2. The van der Waals surface area contributed by atoms with Crippen molar-refractivity contribution in [2.75, 3.05) is 13.1 Å². The average molecular weight is 308 g/mol. The van der Waals surface area contributed by atoms with Crippen molar-refractivity contribution < 1.29 is 4.79 Å². The van der Waals surface area contributed by atoms with Gasteiger partial charge in [0.25, 0.3) is 0 Å². The number of rotatable bonds is 4. The Morgan fingerprint density at radius 1 is 1.48 bits per heavy atom. The number of amides is 1.